The third-order valence-corrected chi connectivity index (χ3v) is 2.95. The molecule has 0 saturated heterocycles. The second kappa shape index (κ2) is 4.87. The van der Waals surface area contributed by atoms with Gasteiger partial charge in [-0.1, -0.05) is 0 Å². The van der Waals surface area contributed by atoms with Gasteiger partial charge >= 0.3 is 15.6 Å². The molecule has 0 aromatic heterocycles. The molecule has 13 heavy (non-hydrogen) atoms. The van der Waals surface area contributed by atoms with E-state index in [1.807, 2.05) is 0 Å². The largest absolute Gasteiger partial charge is 0.481 e. The Balaban J connectivity index is 4.10. The first-order chi connectivity index (χ1) is 5.62. The standard InChI is InChI=1S/C3H9ClO7P2/c1-3(4)2-10-13(8,9)11-12(5,6)7/h3H,2H2,1H3,(H,8,9)(H2,5,6,7). The van der Waals surface area contributed by atoms with E-state index in [4.69, 9.17) is 26.3 Å². The number of alkyl halides is 1. The van der Waals surface area contributed by atoms with Gasteiger partial charge in [0.1, 0.15) is 0 Å². The van der Waals surface area contributed by atoms with Crippen LogP contribution in [-0.2, 0) is 18.0 Å². The Morgan fingerprint density at radius 2 is 1.85 bits per heavy atom. The number of phosphoric ester groups is 1. The van der Waals surface area contributed by atoms with Crippen LogP contribution in [0, 0.1) is 0 Å². The lowest BCUT2D eigenvalue weighted by Gasteiger charge is -2.12. The lowest BCUT2D eigenvalue weighted by Crippen LogP contribution is -2.03. The van der Waals surface area contributed by atoms with Gasteiger partial charge in [-0.3, -0.25) is 4.52 Å². The maximum Gasteiger partial charge on any atom is 0.481 e. The first-order valence-electron chi connectivity index (χ1n) is 3.01. The first kappa shape index (κ1) is 13.5. The minimum atomic E-state index is -5.03. The summed E-state index contributed by atoms with van der Waals surface area (Å²) in [6, 6.07) is 0. The average Bonchev–Trinajstić information content (AvgIpc) is 1.78. The van der Waals surface area contributed by atoms with Crippen LogP contribution in [0.15, 0.2) is 0 Å². The predicted octanol–water partition coefficient (Wildman–Crippen LogP) is 0.840. The van der Waals surface area contributed by atoms with Crippen LogP contribution < -0.4 is 0 Å². The summed E-state index contributed by atoms with van der Waals surface area (Å²) in [5, 5.41) is -0.569. The number of phosphoric acid groups is 2. The predicted molar refractivity (Wildman–Crippen MR) is 44.2 cm³/mol. The Kier molecular flexibility index (Phi) is 5.07. The second-order valence-corrected chi connectivity index (χ2v) is 5.69. The summed E-state index contributed by atoms with van der Waals surface area (Å²) in [5.41, 5.74) is 0. The molecule has 0 aliphatic rings. The van der Waals surface area contributed by atoms with Crippen LogP contribution in [0.2, 0.25) is 0 Å². The van der Waals surface area contributed by atoms with Crippen LogP contribution in [-0.4, -0.2) is 26.7 Å². The van der Waals surface area contributed by atoms with Gasteiger partial charge in [-0.05, 0) is 6.92 Å². The highest BCUT2D eigenvalue weighted by Gasteiger charge is 2.32. The second-order valence-electron chi connectivity index (χ2n) is 2.12. The molecule has 0 aromatic rings. The normalized spacial score (nSPS) is 19.5. The van der Waals surface area contributed by atoms with E-state index in [-0.39, 0.29) is 6.61 Å². The highest BCUT2D eigenvalue weighted by Crippen LogP contribution is 2.57. The molecule has 0 saturated carbocycles. The number of hydrogen-bond donors (Lipinski definition) is 3. The van der Waals surface area contributed by atoms with Crippen LogP contribution >= 0.6 is 27.2 Å². The summed E-state index contributed by atoms with van der Waals surface area (Å²) in [7, 11) is -9.74. The zero-order chi connectivity index (χ0) is 10.7. The van der Waals surface area contributed by atoms with E-state index < -0.39 is 21.0 Å². The number of hydrogen-bond acceptors (Lipinski definition) is 4. The fraction of sp³-hybridized carbons (Fsp3) is 1.00. The molecule has 0 amide bonds. The average molecular weight is 254 g/mol. The maximum atomic E-state index is 10.7. The van der Waals surface area contributed by atoms with E-state index in [1.54, 1.807) is 0 Å². The van der Waals surface area contributed by atoms with Gasteiger partial charge in [0, 0.05) is 0 Å². The quantitative estimate of drug-likeness (QED) is 0.492. The summed E-state index contributed by atoms with van der Waals surface area (Å²) in [5.74, 6) is 0. The number of rotatable bonds is 5. The van der Waals surface area contributed by atoms with Gasteiger partial charge < -0.3 is 14.7 Å². The molecule has 2 atom stereocenters. The molecule has 0 fully saturated rings. The summed E-state index contributed by atoms with van der Waals surface area (Å²) in [6.07, 6.45) is 0. The Morgan fingerprint density at radius 1 is 1.38 bits per heavy atom. The zero-order valence-corrected chi connectivity index (χ0v) is 9.08. The van der Waals surface area contributed by atoms with Gasteiger partial charge in [-0.2, -0.15) is 4.31 Å². The van der Waals surface area contributed by atoms with E-state index in [2.05, 4.69) is 8.83 Å². The fourth-order valence-electron chi connectivity index (χ4n) is 0.355. The Hall–Kier alpha value is 0.550. The molecule has 3 N–H and O–H groups in total. The third-order valence-electron chi connectivity index (χ3n) is 0.677. The van der Waals surface area contributed by atoms with E-state index >= 15 is 0 Å². The Bertz CT molecular complexity index is 246. The lowest BCUT2D eigenvalue weighted by atomic mass is 10.5. The van der Waals surface area contributed by atoms with Crippen LogP contribution in [0.5, 0.6) is 0 Å². The molecule has 0 heterocycles. The molecule has 0 bridgehead atoms. The van der Waals surface area contributed by atoms with E-state index in [9.17, 15) is 9.13 Å². The summed E-state index contributed by atoms with van der Waals surface area (Å²) in [6.45, 7) is 1.12. The van der Waals surface area contributed by atoms with Crippen LogP contribution in [0.1, 0.15) is 6.92 Å². The molecule has 0 aliphatic carbocycles. The fourth-order valence-corrected chi connectivity index (χ4v) is 2.18. The molecule has 0 aromatic carbocycles. The maximum absolute atomic E-state index is 10.7. The summed E-state index contributed by atoms with van der Waals surface area (Å²) in [4.78, 5) is 25.0. The van der Waals surface area contributed by atoms with Crippen molar-refractivity contribution >= 4 is 27.2 Å². The molecule has 7 nitrogen and oxygen atoms in total. The molecular formula is C3H9ClO7P2. The third kappa shape index (κ3) is 8.87. The molecule has 10 heteroatoms. The first-order valence-corrected chi connectivity index (χ1v) is 6.47. The minimum absolute atomic E-state index is 0.352. The highest BCUT2D eigenvalue weighted by molar-refractivity contribution is 7.60. The zero-order valence-electron chi connectivity index (χ0n) is 6.53. The van der Waals surface area contributed by atoms with E-state index in [0.29, 0.717) is 0 Å². The Labute approximate surface area is 79.5 Å². The van der Waals surface area contributed by atoms with Crippen molar-refractivity contribution in [1.29, 1.82) is 0 Å². The van der Waals surface area contributed by atoms with Gasteiger partial charge in [0.05, 0.1) is 12.0 Å². The Morgan fingerprint density at radius 3 is 2.15 bits per heavy atom. The van der Waals surface area contributed by atoms with Gasteiger partial charge in [0.2, 0.25) is 0 Å². The van der Waals surface area contributed by atoms with Crippen molar-refractivity contribution in [2.75, 3.05) is 6.61 Å². The van der Waals surface area contributed by atoms with Crippen LogP contribution in [0.3, 0.4) is 0 Å². The molecular weight excluding hydrogens is 245 g/mol. The van der Waals surface area contributed by atoms with Crippen LogP contribution in [0.25, 0.3) is 0 Å². The molecule has 0 spiro atoms. The van der Waals surface area contributed by atoms with Gasteiger partial charge in [0.25, 0.3) is 0 Å². The highest BCUT2D eigenvalue weighted by atomic mass is 35.5. The van der Waals surface area contributed by atoms with Gasteiger partial charge in [0.15, 0.2) is 0 Å². The van der Waals surface area contributed by atoms with E-state index in [1.165, 1.54) is 6.92 Å². The van der Waals surface area contributed by atoms with Crippen molar-refractivity contribution < 1.29 is 32.6 Å². The van der Waals surface area contributed by atoms with Gasteiger partial charge in [-0.25, -0.2) is 9.13 Å². The minimum Gasteiger partial charge on any atom is -0.302 e. The number of halogens is 1. The van der Waals surface area contributed by atoms with Crippen molar-refractivity contribution in [3.63, 3.8) is 0 Å². The van der Waals surface area contributed by atoms with Gasteiger partial charge in [-0.15, -0.1) is 11.6 Å². The smallest absolute Gasteiger partial charge is 0.302 e. The summed E-state index contributed by atoms with van der Waals surface area (Å²) >= 11 is 5.35. The lowest BCUT2D eigenvalue weighted by molar-refractivity contribution is 0.179. The van der Waals surface area contributed by atoms with E-state index in [0.717, 1.165) is 0 Å². The molecule has 80 valence electrons. The molecule has 0 rings (SSSR count). The van der Waals surface area contributed by atoms with Crippen LogP contribution in [0.4, 0.5) is 0 Å². The molecule has 0 radical (unpaired) electrons. The van der Waals surface area contributed by atoms with Crippen molar-refractivity contribution in [3.8, 4) is 0 Å². The van der Waals surface area contributed by atoms with Crippen molar-refractivity contribution in [1.82, 2.24) is 0 Å². The molecule has 0 aliphatic heterocycles. The topological polar surface area (TPSA) is 113 Å². The van der Waals surface area contributed by atoms with Crippen molar-refractivity contribution in [3.05, 3.63) is 0 Å². The monoisotopic (exact) mass is 254 g/mol. The van der Waals surface area contributed by atoms with Crippen molar-refractivity contribution in [2.45, 2.75) is 12.3 Å². The molecule has 2 unspecified atom stereocenters. The SMILES string of the molecule is CC(Cl)COP(=O)(O)OP(=O)(O)O. The summed E-state index contributed by atoms with van der Waals surface area (Å²) < 4.78 is 28.4. The van der Waals surface area contributed by atoms with Crippen molar-refractivity contribution in [2.24, 2.45) is 0 Å².